The average molecular weight is 239 g/mol. The topological polar surface area (TPSA) is 55.4 Å². The summed E-state index contributed by atoms with van der Waals surface area (Å²) in [6.45, 7) is 6.46. The van der Waals surface area contributed by atoms with Crippen molar-refractivity contribution in [3.8, 4) is 0 Å². The van der Waals surface area contributed by atoms with Crippen LogP contribution in [0, 0.1) is 16.7 Å². The summed E-state index contributed by atoms with van der Waals surface area (Å²) in [5, 5.41) is 2.31. The summed E-state index contributed by atoms with van der Waals surface area (Å²) in [7, 11) is 1.44. The lowest BCUT2D eigenvalue weighted by Gasteiger charge is -2.41. The Morgan fingerprint density at radius 1 is 1.29 bits per heavy atom. The molecule has 2 rings (SSSR count). The Balaban J connectivity index is 2.15. The van der Waals surface area contributed by atoms with E-state index in [-0.39, 0.29) is 16.9 Å². The number of rotatable bonds is 1. The number of carbonyl (C=O) groups is 2. The molecule has 0 aliphatic heterocycles. The molecule has 17 heavy (non-hydrogen) atoms. The van der Waals surface area contributed by atoms with Crippen LogP contribution in [0.1, 0.15) is 40.0 Å². The van der Waals surface area contributed by atoms with Gasteiger partial charge in [0.1, 0.15) is 6.10 Å². The number of carbonyl (C=O) groups excluding carboxylic acids is 2. The SMILES string of the molecule is CNC(=O)C(=O)OC1C2(C)CCC(C2)C1(C)C. The summed E-state index contributed by atoms with van der Waals surface area (Å²) in [5.74, 6) is -0.804. The molecule has 2 fully saturated rings. The molecule has 4 heteroatoms. The van der Waals surface area contributed by atoms with E-state index in [0.717, 1.165) is 12.8 Å². The van der Waals surface area contributed by atoms with Crippen molar-refractivity contribution in [1.29, 1.82) is 0 Å². The zero-order chi connectivity index (χ0) is 12.8. The second-order valence-electron chi connectivity index (χ2n) is 6.28. The molecule has 0 aromatic carbocycles. The molecular formula is C13H21NO3. The van der Waals surface area contributed by atoms with Crippen LogP contribution in [0.4, 0.5) is 0 Å². The first-order valence-corrected chi connectivity index (χ1v) is 6.24. The Morgan fingerprint density at radius 2 is 1.94 bits per heavy atom. The van der Waals surface area contributed by atoms with Crippen molar-refractivity contribution in [1.82, 2.24) is 5.32 Å². The summed E-state index contributed by atoms with van der Waals surface area (Å²) in [6.07, 6.45) is 3.26. The molecule has 0 aromatic heterocycles. The van der Waals surface area contributed by atoms with E-state index in [9.17, 15) is 9.59 Å². The van der Waals surface area contributed by atoms with Crippen LogP contribution in [0.25, 0.3) is 0 Å². The van der Waals surface area contributed by atoms with Crippen LogP contribution in [0.3, 0.4) is 0 Å². The average Bonchev–Trinajstić information content (AvgIpc) is 2.74. The largest absolute Gasteiger partial charge is 0.454 e. The fourth-order valence-corrected chi connectivity index (χ4v) is 3.81. The van der Waals surface area contributed by atoms with Gasteiger partial charge in [-0.25, -0.2) is 4.79 Å². The Hall–Kier alpha value is -1.06. The highest BCUT2D eigenvalue weighted by Crippen LogP contribution is 2.63. The summed E-state index contributed by atoms with van der Waals surface area (Å²) in [6, 6.07) is 0. The van der Waals surface area contributed by atoms with Crippen LogP contribution in [0.5, 0.6) is 0 Å². The number of likely N-dealkylation sites (N-methyl/N-ethyl adjacent to an activating group) is 1. The molecular weight excluding hydrogens is 218 g/mol. The van der Waals surface area contributed by atoms with E-state index >= 15 is 0 Å². The molecule has 1 amide bonds. The fourth-order valence-electron chi connectivity index (χ4n) is 3.81. The van der Waals surface area contributed by atoms with E-state index in [1.165, 1.54) is 13.5 Å². The molecule has 0 heterocycles. The van der Waals surface area contributed by atoms with Gasteiger partial charge in [-0.1, -0.05) is 20.8 Å². The van der Waals surface area contributed by atoms with E-state index < -0.39 is 11.9 Å². The van der Waals surface area contributed by atoms with Gasteiger partial charge in [-0.2, -0.15) is 0 Å². The zero-order valence-electron chi connectivity index (χ0n) is 11.0. The van der Waals surface area contributed by atoms with Crippen molar-refractivity contribution in [3.63, 3.8) is 0 Å². The molecule has 2 aliphatic rings. The lowest BCUT2D eigenvalue weighted by molar-refractivity contribution is -0.170. The van der Waals surface area contributed by atoms with Crippen molar-refractivity contribution in [2.45, 2.75) is 46.1 Å². The van der Waals surface area contributed by atoms with Crippen LogP contribution in [0.2, 0.25) is 0 Å². The molecule has 96 valence electrons. The van der Waals surface area contributed by atoms with Gasteiger partial charge in [-0.3, -0.25) is 4.79 Å². The van der Waals surface area contributed by atoms with Crippen LogP contribution < -0.4 is 5.32 Å². The van der Waals surface area contributed by atoms with E-state index in [2.05, 4.69) is 26.1 Å². The van der Waals surface area contributed by atoms with Crippen molar-refractivity contribution in [2.24, 2.45) is 16.7 Å². The highest BCUT2D eigenvalue weighted by Gasteiger charge is 2.61. The van der Waals surface area contributed by atoms with E-state index in [1.54, 1.807) is 0 Å². The van der Waals surface area contributed by atoms with Gasteiger partial charge in [0.25, 0.3) is 0 Å². The van der Waals surface area contributed by atoms with Crippen molar-refractivity contribution in [2.75, 3.05) is 7.05 Å². The number of ether oxygens (including phenoxy) is 1. The Morgan fingerprint density at radius 3 is 2.41 bits per heavy atom. The van der Waals surface area contributed by atoms with Crippen molar-refractivity contribution < 1.29 is 14.3 Å². The molecule has 3 atom stereocenters. The minimum absolute atomic E-state index is 0.0172. The van der Waals surface area contributed by atoms with Crippen LogP contribution in [0.15, 0.2) is 0 Å². The van der Waals surface area contributed by atoms with Crippen molar-refractivity contribution in [3.05, 3.63) is 0 Å². The number of nitrogens with one attached hydrogen (secondary N) is 1. The van der Waals surface area contributed by atoms with Gasteiger partial charge in [0.15, 0.2) is 0 Å². The summed E-state index contributed by atoms with van der Waals surface area (Å²) in [4.78, 5) is 22.8. The van der Waals surface area contributed by atoms with Crippen molar-refractivity contribution >= 4 is 11.9 Å². The van der Waals surface area contributed by atoms with Crippen LogP contribution >= 0.6 is 0 Å². The summed E-state index contributed by atoms with van der Waals surface area (Å²) in [5.41, 5.74) is 0.0362. The third-order valence-corrected chi connectivity index (χ3v) is 4.77. The minimum atomic E-state index is -0.751. The van der Waals surface area contributed by atoms with E-state index in [1.807, 2.05) is 0 Å². The summed E-state index contributed by atoms with van der Waals surface area (Å²) < 4.78 is 5.47. The molecule has 0 aromatic rings. The third-order valence-electron chi connectivity index (χ3n) is 4.77. The Kier molecular flexibility index (Phi) is 2.71. The smallest absolute Gasteiger partial charge is 0.397 e. The predicted octanol–water partition coefficient (Wildman–Crippen LogP) is 1.49. The van der Waals surface area contributed by atoms with Crippen LogP contribution in [-0.2, 0) is 14.3 Å². The van der Waals surface area contributed by atoms with Gasteiger partial charge in [0.2, 0.25) is 0 Å². The molecule has 4 nitrogen and oxygen atoms in total. The highest BCUT2D eigenvalue weighted by atomic mass is 16.6. The van der Waals surface area contributed by atoms with Gasteiger partial charge in [-0.05, 0) is 25.2 Å². The molecule has 2 saturated carbocycles. The lowest BCUT2D eigenvalue weighted by atomic mass is 9.70. The minimum Gasteiger partial charge on any atom is -0.454 e. The third kappa shape index (κ3) is 1.74. The second kappa shape index (κ2) is 3.72. The van der Waals surface area contributed by atoms with E-state index in [4.69, 9.17) is 4.74 Å². The summed E-state index contributed by atoms with van der Waals surface area (Å²) >= 11 is 0. The second-order valence-corrected chi connectivity index (χ2v) is 6.28. The van der Waals surface area contributed by atoms with Gasteiger partial charge < -0.3 is 10.1 Å². The maximum absolute atomic E-state index is 11.6. The zero-order valence-corrected chi connectivity index (χ0v) is 11.0. The monoisotopic (exact) mass is 239 g/mol. The van der Waals surface area contributed by atoms with E-state index in [0.29, 0.717) is 5.92 Å². The molecule has 0 spiro atoms. The fraction of sp³-hybridized carbons (Fsp3) is 0.846. The first kappa shape index (κ1) is 12.4. The standard InChI is InChI=1S/C13H21NO3/c1-12(2)8-5-6-13(3,7-8)11(12)17-10(16)9(15)14-4/h8,11H,5-7H2,1-4H3,(H,14,15). The van der Waals surface area contributed by atoms with Crippen LogP contribution in [-0.4, -0.2) is 25.0 Å². The Labute approximate surface area is 102 Å². The lowest BCUT2D eigenvalue weighted by Crippen LogP contribution is -2.45. The maximum Gasteiger partial charge on any atom is 0.397 e. The Bertz CT molecular complexity index is 359. The molecule has 1 N–H and O–H groups in total. The number of fused-ring (bicyclic) bond motifs is 2. The van der Waals surface area contributed by atoms with Gasteiger partial charge >= 0.3 is 11.9 Å². The first-order valence-electron chi connectivity index (χ1n) is 6.24. The highest BCUT2D eigenvalue weighted by molar-refractivity contribution is 6.32. The van der Waals surface area contributed by atoms with Gasteiger partial charge in [-0.15, -0.1) is 0 Å². The quantitative estimate of drug-likeness (QED) is 0.557. The van der Waals surface area contributed by atoms with Gasteiger partial charge in [0, 0.05) is 17.9 Å². The first-order chi connectivity index (χ1) is 7.81. The molecule has 3 unspecified atom stereocenters. The molecule has 0 radical (unpaired) electrons. The number of esters is 1. The number of amides is 1. The molecule has 2 bridgehead atoms. The molecule has 2 aliphatic carbocycles. The normalized spacial score (nSPS) is 37.9. The number of hydrogen-bond donors (Lipinski definition) is 1. The maximum atomic E-state index is 11.6. The predicted molar refractivity (Wildman–Crippen MR) is 63.2 cm³/mol. The van der Waals surface area contributed by atoms with Gasteiger partial charge in [0.05, 0.1) is 0 Å². The number of hydrogen-bond acceptors (Lipinski definition) is 3. The molecule has 0 saturated heterocycles.